The van der Waals surface area contributed by atoms with Gasteiger partial charge in [0.15, 0.2) is 0 Å². The molecule has 0 aliphatic rings. The Balaban J connectivity index is 2.57. The molecule has 2 amide bonds. The second-order valence-corrected chi connectivity index (χ2v) is 3.74. The Morgan fingerprint density at radius 1 is 1.32 bits per heavy atom. The maximum absolute atomic E-state index is 11.5. The molecule has 0 spiro atoms. The van der Waals surface area contributed by atoms with Crippen LogP contribution in [0.15, 0.2) is 18.2 Å². The highest BCUT2D eigenvalue weighted by molar-refractivity contribution is 5.91. The molecule has 1 aromatic carbocycles. The number of carbonyl (C=O) groups is 2. The lowest BCUT2D eigenvalue weighted by molar-refractivity contribution is 0.0526. The average molecular weight is 266 g/mol. The Hall–Kier alpha value is -2.44. The number of nitrogens with two attached hydrogens (primary N) is 2. The maximum atomic E-state index is 11.5. The number of carbonyl (C=O) groups excluding carboxylic acids is 2. The average Bonchev–Trinajstić information content (AvgIpc) is 2.36. The molecule has 0 fully saturated rings. The van der Waals surface area contributed by atoms with Crippen molar-refractivity contribution < 1.29 is 14.3 Å². The molecule has 1 rings (SSSR count). The molecular weight excluding hydrogens is 248 g/mol. The van der Waals surface area contributed by atoms with Crippen LogP contribution in [0.25, 0.3) is 0 Å². The fraction of sp³-hybridized carbons (Fsp3) is 0.333. The minimum absolute atomic E-state index is 0.317. The van der Waals surface area contributed by atoms with Crippen LogP contribution in [0.4, 0.5) is 16.2 Å². The number of hydrogen-bond donors (Lipinski definition) is 4. The van der Waals surface area contributed by atoms with E-state index >= 15 is 0 Å². The molecule has 0 aliphatic carbocycles. The molecule has 1 aromatic rings. The van der Waals surface area contributed by atoms with Gasteiger partial charge >= 0.3 is 12.0 Å². The van der Waals surface area contributed by atoms with Crippen LogP contribution in [0.5, 0.6) is 0 Å². The zero-order valence-corrected chi connectivity index (χ0v) is 10.7. The van der Waals surface area contributed by atoms with Crippen LogP contribution < -0.4 is 22.1 Å². The topological polar surface area (TPSA) is 119 Å². The third-order valence-corrected chi connectivity index (χ3v) is 2.30. The maximum Gasteiger partial charge on any atom is 0.338 e. The number of benzene rings is 1. The highest BCUT2D eigenvalue weighted by atomic mass is 16.5. The largest absolute Gasteiger partial charge is 0.462 e. The summed E-state index contributed by atoms with van der Waals surface area (Å²) in [4.78, 5) is 21.9. The van der Waals surface area contributed by atoms with E-state index in [1.54, 1.807) is 25.1 Å². The number of hydrogen-bond acceptors (Lipinski definition) is 5. The smallest absolute Gasteiger partial charge is 0.338 e. The van der Waals surface area contributed by atoms with Crippen molar-refractivity contribution in [2.24, 2.45) is 5.73 Å². The van der Waals surface area contributed by atoms with E-state index in [-0.39, 0.29) is 0 Å². The Morgan fingerprint density at radius 2 is 2.05 bits per heavy atom. The Kier molecular flexibility index (Phi) is 5.46. The standard InChI is InChI=1S/C12H18N4O3/c1-2-19-11(17)8-3-4-10(9(13)7-8)15-5-6-16-12(14)18/h3-4,7,15H,2,5-6,13H2,1H3,(H3,14,16,18). The number of ether oxygens (including phenoxy) is 1. The quantitative estimate of drug-likeness (QED) is 0.340. The van der Waals surface area contributed by atoms with Gasteiger partial charge in [-0.2, -0.15) is 0 Å². The molecule has 0 unspecified atom stereocenters. The predicted molar refractivity (Wildman–Crippen MR) is 72.9 cm³/mol. The van der Waals surface area contributed by atoms with Gasteiger partial charge in [0.05, 0.1) is 23.5 Å². The first-order valence-electron chi connectivity index (χ1n) is 5.88. The van der Waals surface area contributed by atoms with Gasteiger partial charge in [0.1, 0.15) is 0 Å². The monoisotopic (exact) mass is 266 g/mol. The molecule has 0 heterocycles. The Bertz CT molecular complexity index is 462. The summed E-state index contributed by atoms with van der Waals surface area (Å²) in [5.41, 5.74) is 12.3. The van der Waals surface area contributed by atoms with Gasteiger partial charge in [-0.05, 0) is 25.1 Å². The number of nitrogen functional groups attached to an aromatic ring is 1. The van der Waals surface area contributed by atoms with Crippen LogP contribution in [0.3, 0.4) is 0 Å². The Labute approximate surface area is 111 Å². The third-order valence-electron chi connectivity index (χ3n) is 2.30. The first kappa shape index (κ1) is 14.6. The fourth-order valence-corrected chi connectivity index (χ4v) is 1.45. The summed E-state index contributed by atoms with van der Waals surface area (Å²) in [6.45, 7) is 2.92. The first-order chi connectivity index (χ1) is 9.04. The molecule has 7 nitrogen and oxygen atoms in total. The molecule has 0 aromatic heterocycles. The van der Waals surface area contributed by atoms with Gasteiger partial charge in [0, 0.05) is 13.1 Å². The number of esters is 1. The lowest BCUT2D eigenvalue weighted by Crippen LogP contribution is -2.33. The van der Waals surface area contributed by atoms with Crippen molar-refractivity contribution in [2.75, 3.05) is 30.7 Å². The second kappa shape index (κ2) is 7.10. The molecule has 19 heavy (non-hydrogen) atoms. The summed E-state index contributed by atoms with van der Waals surface area (Å²) in [6.07, 6.45) is 0. The van der Waals surface area contributed by atoms with Crippen LogP contribution in [0.1, 0.15) is 17.3 Å². The number of rotatable bonds is 6. The highest BCUT2D eigenvalue weighted by Crippen LogP contribution is 2.20. The Morgan fingerprint density at radius 3 is 2.63 bits per heavy atom. The zero-order valence-electron chi connectivity index (χ0n) is 10.7. The number of primary amides is 1. The van der Waals surface area contributed by atoms with Crippen molar-refractivity contribution in [3.63, 3.8) is 0 Å². The lowest BCUT2D eigenvalue weighted by Gasteiger charge is -2.10. The van der Waals surface area contributed by atoms with Crippen molar-refractivity contribution in [3.05, 3.63) is 23.8 Å². The number of amides is 2. The van der Waals surface area contributed by atoms with Gasteiger partial charge in [-0.3, -0.25) is 0 Å². The summed E-state index contributed by atoms with van der Waals surface area (Å²) in [7, 11) is 0. The van der Waals surface area contributed by atoms with Crippen LogP contribution in [0, 0.1) is 0 Å². The SMILES string of the molecule is CCOC(=O)c1ccc(NCCNC(N)=O)c(N)c1. The fourth-order valence-electron chi connectivity index (χ4n) is 1.45. The van der Waals surface area contributed by atoms with Gasteiger partial charge in [0.2, 0.25) is 0 Å². The molecular formula is C12H18N4O3. The molecule has 6 N–H and O–H groups in total. The molecule has 7 heteroatoms. The predicted octanol–water partition coefficient (Wildman–Crippen LogP) is 0.526. The lowest BCUT2D eigenvalue weighted by atomic mass is 10.1. The van der Waals surface area contributed by atoms with Crippen molar-refractivity contribution in [3.8, 4) is 0 Å². The van der Waals surface area contributed by atoms with E-state index < -0.39 is 12.0 Å². The van der Waals surface area contributed by atoms with Gasteiger partial charge in [-0.1, -0.05) is 0 Å². The highest BCUT2D eigenvalue weighted by Gasteiger charge is 2.08. The molecule has 0 bridgehead atoms. The molecule has 104 valence electrons. The molecule has 0 atom stereocenters. The summed E-state index contributed by atoms with van der Waals surface area (Å²) < 4.78 is 4.87. The summed E-state index contributed by atoms with van der Waals surface area (Å²) in [5, 5.41) is 5.46. The van der Waals surface area contributed by atoms with E-state index in [0.717, 1.165) is 0 Å². The van der Waals surface area contributed by atoms with Crippen molar-refractivity contribution in [1.82, 2.24) is 5.32 Å². The second-order valence-electron chi connectivity index (χ2n) is 3.74. The molecule has 0 radical (unpaired) electrons. The van der Waals surface area contributed by atoms with Crippen molar-refractivity contribution in [2.45, 2.75) is 6.92 Å². The minimum Gasteiger partial charge on any atom is -0.462 e. The molecule has 0 saturated carbocycles. The zero-order chi connectivity index (χ0) is 14.3. The van der Waals surface area contributed by atoms with Crippen LogP contribution in [-0.4, -0.2) is 31.7 Å². The third kappa shape index (κ3) is 4.74. The van der Waals surface area contributed by atoms with Gasteiger partial charge in [0.25, 0.3) is 0 Å². The van der Waals surface area contributed by atoms with E-state index in [9.17, 15) is 9.59 Å². The number of nitrogens with one attached hydrogen (secondary N) is 2. The van der Waals surface area contributed by atoms with Crippen LogP contribution in [0.2, 0.25) is 0 Å². The summed E-state index contributed by atoms with van der Waals surface area (Å²) >= 11 is 0. The molecule has 0 aliphatic heterocycles. The van der Waals surface area contributed by atoms with E-state index in [0.29, 0.717) is 36.6 Å². The number of anilines is 2. The molecule has 0 saturated heterocycles. The minimum atomic E-state index is -0.576. The normalized spacial score (nSPS) is 9.74. The van der Waals surface area contributed by atoms with Gasteiger partial charge < -0.3 is 26.8 Å². The van der Waals surface area contributed by atoms with E-state index in [1.165, 1.54) is 0 Å². The van der Waals surface area contributed by atoms with E-state index in [4.69, 9.17) is 16.2 Å². The first-order valence-corrected chi connectivity index (χ1v) is 5.88. The van der Waals surface area contributed by atoms with E-state index in [1.807, 2.05) is 0 Å². The van der Waals surface area contributed by atoms with Gasteiger partial charge in [-0.25, -0.2) is 9.59 Å². The number of urea groups is 1. The van der Waals surface area contributed by atoms with Gasteiger partial charge in [-0.15, -0.1) is 0 Å². The van der Waals surface area contributed by atoms with Crippen molar-refractivity contribution >= 4 is 23.4 Å². The van der Waals surface area contributed by atoms with E-state index in [2.05, 4.69) is 10.6 Å². The summed E-state index contributed by atoms with van der Waals surface area (Å²) in [6, 6.07) is 4.28. The van der Waals surface area contributed by atoms with Crippen LogP contribution >= 0.6 is 0 Å². The van der Waals surface area contributed by atoms with Crippen LogP contribution in [-0.2, 0) is 4.74 Å². The van der Waals surface area contributed by atoms with Crippen molar-refractivity contribution in [1.29, 1.82) is 0 Å². The summed E-state index contributed by atoms with van der Waals surface area (Å²) in [5.74, 6) is -0.406.